The van der Waals surface area contributed by atoms with Crippen molar-refractivity contribution in [2.45, 2.75) is 0 Å². The molecular formula is H5BFeMgMnO3. The van der Waals surface area contributed by atoms with Crippen LogP contribution < -0.4 is 0 Å². The summed E-state index contributed by atoms with van der Waals surface area (Å²) in [4.78, 5) is 0. The molecular weight excluding hydrogens is 194 g/mol. The van der Waals surface area contributed by atoms with Gasteiger partial charge < -0.3 is 17.9 Å². The van der Waals surface area contributed by atoms with E-state index in [0.717, 1.165) is 0 Å². The smallest absolute Gasteiger partial charge is 1.00 e. The van der Waals surface area contributed by atoms with Gasteiger partial charge in [0.2, 0.25) is 0 Å². The van der Waals surface area contributed by atoms with Crippen LogP contribution in [-0.2, 0) is 34.1 Å². The van der Waals surface area contributed by atoms with E-state index in [-0.39, 0.29) is 60.0 Å². The Morgan fingerprint density at radius 2 is 1.14 bits per heavy atom. The first-order chi connectivity index (χ1) is 1.73. The molecule has 0 saturated heterocycles. The minimum absolute atomic E-state index is 0. The first kappa shape index (κ1) is 23.3. The van der Waals surface area contributed by atoms with Crippen LogP contribution in [0.2, 0.25) is 0 Å². The van der Waals surface area contributed by atoms with E-state index >= 15 is 0 Å². The van der Waals surface area contributed by atoms with Crippen molar-refractivity contribution >= 4 is 30.4 Å². The van der Waals surface area contributed by atoms with Crippen LogP contribution >= 0.6 is 0 Å². The third-order valence-electron chi connectivity index (χ3n) is 0. The van der Waals surface area contributed by atoms with E-state index in [0.29, 0.717) is 0 Å². The second-order valence-electron chi connectivity index (χ2n) is 0.346. The standard InChI is InChI=1S/BH3O3.Fe.Mg.Mn.2H/c2-1(3)4;;;;;/h2-4H;;;;;/q;;+2;;2*-1. The van der Waals surface area contributed by atoms with E-state index in [1.807, 2.05) is 0 Å². The van der Waals surface area contributed by atoms with E-state index in [4.69, 9.17) is 15.1 Å². The molecule has 0 amide bonds. The quantitative estimate of drug-likeness (QED) is 0.387. The van der Waals surface area contributed by atoms with Gasteiger partial charge in [0.15, 0.2) is 0 Å². The zero-order valence-corrected chi connectivity index (χ0v) is 7.06. The Morgan fingerprint density at radius 1 is 1.14 bits per heavy atom. The number of rotatable bonds is 0. The van der Waals surface area contributed by atoms with Gasteiger partial charge in [0.1, 0.15) is 0 Å². The van der Waals surface area contributed by atoms with Gasteiger partial charge in [0, 0.05) is 34.1 Å². The molecule has 0 aliphatic carbocycles. The third-order valence-corrected chi connectivity index (χ3v) is 0. The van der Waals surface area contributed by atoms with Crippen LogP contribution in [0.3, 0.4) is 0 Å². The molecule has 0 rings (SSSR count). The van der Waals surface area contributed by atoms with Crippen molar-refractivity contribution in [2.24, 2.45) is 0 Å². The Hall–Kier alpha value is 1.75. The molecule has 0 fully saturated rings. The van der Waals surface area contributed by atoms with Crippen molar-refractivity contribution < 1.29 is 52.1 Å². The van der Waals surface area contributed by atoms with Crippen LogP contribution in [0, 0.1) is 0 Å². The Balaban J connectivity index is -0.00000000450. The molecule has 0 aromatic rings. The minimum atomic E-state index is -2.17. The summed E-state index contributed by atoms with van der Waals surface area (Å²) in [5, 5.41) is 21.5. The van der Waals surface area contributed by atoms with Crippen LogP contribution in [0.4, 0.5) is 0 Å². The summed E-state index contributed by atoms with van der Waals surface area (Å²) in [5.41, 5.74) is 0. The topological polar surface area (TPSA) is 60.7 Å². The molecule has 0 bridgehead atoms. The fourth-order valence-electron chi connectivity index (χ4n) is 0. The molecule has 3 nitrogen and oxygen atoms in total. The van der Waals surface area contributed by atoms with Gasteiger partial charge >= 0.3 is 30.4 Å². The van der Waals surface area contributed by atoms with Crippen LogP contribution in [0.15, 0.2) is 0 Å². The Bertz CT molecular complexity index is 26.5. The van der Waals surface area contributed by atoms with Crippen LogP contribution in [0.1, 0.15) is 2.85 Å². The van der Waals surface area contributed by atoms with Crippen molar-refractivity contribution in [1.29, 1.82) is 0 Å². The van der Waals surface area contributed by atoms with Crippen molar-refractivity contribution in [3.05, 3.63) is 0 Å². The minimum Gasteiger partial charge on any atom is -1.00 e. The van der Waals surface area contributed by atoms with E-state index in [1.165, 1.54) is 0 Å². The van der Waals surface area contributed by atoms with Gasteiger partial charge in [-0.3, -0.25) is 0 Å². The van der Waals surface area contributed by atoms with E-state index in [9.17, 15) is 0 Å². The second-order valence-corrected chi connectivity index (χ2v) is 0.346. The molecule has 0 spiro atoms. The monoisotopic (exact) mass is 199 g/mol. The summed E-state index contributed by atoms with van der Waals surface area (Å²) in [5.74, 6) is 0. The van der Waals surface area contributed by atoms with E-state index in [2.05, 4.69) is 0 Å². The molecule has 7 heteroatoms. The van der Waals surface area contributed by atoms with E-state index in [1.54, 1.807) is 0 Å². The first-order valence-electron chi connectivity index (χ1n) is 0.775. The summed E-state index contributed by atoms with van der Waals surface area (Å²) < 4.78 is 0. The molecule has 0 aliphatic heterocycles. The fraction of sp³-hybridized carbons (Fsp3) is 0. The molecule has 0 saturated carbocycles. The largest absolute Gasteiger partial charge is 2.00 e. The van der Waals surface area contributed by atoms with Crippen molar-refractivity contribution in [2.75, 3.05) is 0 Å². The predicted octanol–water partition coefficient (Wildman–Crippen LogP) is -2.21. The number of hydrogen-bond acceptors (Lipinski definition) is 3. The fourth-order valence-corrected chi connectivity index (χ4v) is 0. The van der Waals surface area contributed by atoms with Gasteiger partial charge in [0.25, 0.3) is 0 Å². The van der Waals surface area contributed by atoms with Crippen molar-refractivity contribution in [3.8, 4) is 0 Å². The van der Waals surface area contributed by atoms with Gasteiger partial charge in [-0.15, -0.1) is 0 Å². The third kappa shape index (κ3) is 83.7. The molecule has 0 aliphatic rings. The molecule has 3 N–H and O–H groups in total. The molecule has 0 heterocycles. The summed E-state index contributed by atoms with van der Waals surface area (Å²) in [7, 11) is -2.17. The van der Waals surface area contributed by atoms with Gasteiger partial charge in [-0.25, -0.2) is 0 Å². The van der Waals surface area contributed by atoms with Crippen LogP contribution in [-0.4, -0.2) is 45.4 Å². The molecule has 7 heavy (non-hydrogen) atoms. The van der Waals surface area contributed by atoms with Crippen LogP contribution in [0.5, 0.6) is 0 Å². The molecule has 0 aromatic carbocycles. The normalized spacial score (nSPS) is 3.86. The first-order valence-corrected chi connectivity index (χ1v) is 0.775. The Morgan fingerprint density at radius 3 is 1.14 bits per heavy atom. The SMILES string of the molecule is OB(O)O.[Fe].[H-].[H-].[Mg+2].[Mn]. The maximum Gasteiger partial charge on any atom is 2.00 e. The maximum atomic E-state index is 7.17. The van der Waals surface area contributed by atoms with Gasteiger partial charge in [-0.1, -0.05) is 0 Å². The molecule has 0 unspecified atom stereocenters. The molecule has 0 aromatic heterocycles. The van der Waals surface area contributed by atoms with Crippen molar-refractivity contribution in [1.82, 2.24) is 0 Å². The van der Waals surface area contributed by atoms with Gasteiger partial charge in [-0.2, -0.15) is 0 Å². The summed E-state index contributed by atoms with van der Waals surface area (Å²) in [6.07, 6.45) is 0. The summed E-state index contributed by atoms with van der Waals surface area (Å²) in [6, 6.07) is 0. The van der Waals surface area contributed by atoms with Crippen molar-refractivity contribution in [3.63, 3.8) is 0 Å². The molecule has 43 valence electrons. The number of hydrogen-bond donors (Lipinski definition) is 3. The van der Waals surface area contributed by atoms with E-state index < -0.39 is 7.32 Å². The van der Waals surface area contributed by atoms with Gasteiger partial charge in [0.05, 0.1) is 0 Å². The molecule has 0 atom stereocenters. The average molecular weight is 199 g/mol. The second kappa shape index (κ2) is 15.7. The van der Waals surface area contributed by atoms with Crippen LogP contribution in [0.25, 0.3) is 0 Å². The predicted molar refractivity (Wildman–Crippen MR) is 20.4 cm³/mol. The zero-order chi connectivity index (χ0) is 3.58. The average Bonchev–Trinajstić information content (AvgIpc) is 0.811. The summed E-state index contributed by atoms with van der Waals surface area (Å²) >= 11 is 0. The Labute approximate surface area is 82.1 Å². The Kier molecular flexibility index (Phi) is 52.1. The van der Waals surface area contributed by atoms with Gasteiger partial charge in [-0.05, 0) is 0 Å². The summed E-state index contributed by atoms with van der Waals surface area (Å²) in [6.45, 7) is 0. The maximum absolute atomic E-state index is 7.17. The zero-order valence-electron chi connectivity index (χ0n) is 5.36. The molecule has 1 radical (unpaired) electrons.